The van der Waals surface area contributed by atoms with Gasteiger partial charge in [0.2, 0.25) is 0 Å². The van der Waals surface area contributed by atoms with E-state index in [0.29, 0.717) is 0 Å². The summed E-state index contributed by atoms with van der Waals surface area (Å²) >= 11 is 5.90. The van der Waals surface area contributed by atoms with Gasteiger partial charge in [0.25, 0.3) is 0 Å². The van der Waals surface area contributed by atoms with Crippen molar-refractivity contribution in [2.24, 2.45) is 10.7 Å². The zero-order chi connectivity index (χ0) is 10.7. The summed E-state index contributed by atoms with van der Waals surface area (Å²) in [6.07, 6.45) is 0.770. The van der Waals surface area contributed by atoms with Crippen LogP contribution in [0.3, 0.4) is 0 Å². The predicted octanol–water partition coefficient (Wildman–Crippen LogP) is 1.21. The molecule has 3 N–H and O–H groups in total. The van der Waals surface area contributed by atoms with Gasteiger partial charge in [-0.25, -0.2) is 0 Å². The Kier molecular flexibility index (Phi) is 3.23. The molecule has 0 saturated heterocycles. The number of hydrogen-bond acceptors (Lipinski definition) is 3. The van der Waals surface area contributed by atoms with Crippen LogP contribution in [0.1, 0.15) is 5.56 Å². The Morgan fingerprint density at radius 1 is 1.53 bits per heavy atom. The van der Waals surface area contributed by atoms with Crippen molar-refractivity contribution in [1.82, 2.24) is 5.32 Å². The van der Waals surface area contributed by atoms with Crippen LogP contribution in [0.4, 0.5) is 0 Å². The van der Waals surface area contributed by atoms with E-state index in [4.69, 9.17) is 17.3 Å². The second kappa shape index (κ2) is 4.64. The number of nitrogens with one attached hydrogen (secondary N) is 1. The zero-order valence-electron chi connectivity index (χ0n) is 8.41. The van der Waals surface area contributed by atoms with E-state index < -0.39 is 0 Å². The van der Waals surface area contributed by atoms with Gasteiger partial charge in [0.15, 0.2) is 0 Å². The Bertz CT molecular complexity index is 376. The second-order valence-corrected chi connectivity index (χ2v) is 4.07. The molecule has 1 atom stereocenters. The second-order valence-electron chi connectivity index (χ2n) is 3.63. The van der Waals surface area contributed by atoms with Gasteiger partial charge in [-0.2, -0.15) is 0 Å². The highest BCUT2D eigenvalue weighted by Gasteiger charge is 2.14. The van der Waals surface area contributed by atoms with Gasteiger partial charge < -0.3 is 11.1 Å². The molecule has 0 bridgehead atoms. The largest absolute Gasteiger partial charge is 0.371 e. The number of nitrogens with zero attached hydrogens (tertiary/aromatic N) is 1. The average Bonchev–Trinajstić information content (AvgIpc) is 2.70. The number of amidine groups is 1. The quantitative estimate of drug-likeness (QED) is 0.810. The van der Waals surface area contributed by atoms with Crippen molar-refractivity contribution in [2.45, 2.75) is 12.5 Å². The first-order chi connectivity index (χ1) is 7.25. The van der Waals surface area contributed by atoms with Crippen LogP contribution in [0.15, 0.2) is 29.3 Å². The van der Waals surface area contributed by atoms with Crippen LogP contribution in [-0.4, -0.2) is 25.0 Å². The molecule has 0 aliphatic carbocycles. The molecule has 0 radical (unpaired) electrons. The minimum Gasteiger partial charge on any atom is -0.371 e. The molecule has 1 heterocycles. The van der Waals surface area contributed by atoms with Gasteiger partial charge in [-0.05, 0) is 24.1 Å². The van der Waals surface area contributed by atoms with E-state index in [1.54, 1.807) is 0 Å². The first kappa shape index (κ1) is 10.5. The maximum atomic E-state index is 6.02. The molecule has 0 saturated carbocycles. The lowest BCUT2D eigenvalue weighted by Crippen LogP contribution is -2.39. The van der Waals surface area contributed by atoms with Crippen LogP contribution in [0, 0.1) is 0 Å². The zero-order valence-corrected chi connectivity index (χ0v) is 9.17. The number of benzene rings is 1. The summed E-state index contributed by atoms with van der Waals surface area (Å²) < 4.78 is 0. The number of nitrogens with two attached hydrogens (primary N) is 1. The van der Waals surface area contributed by atoms with Crippen molar-refractivity contribution in [2.75, 3.05) is 13.1 Å². The molecule has 1 aromatic rings. The van der Waals surface area contributed by atoms with Crippen LogP contribution in [0.5, 0.6) is 0 Å². The third-order valence-corrected chi connectivity index (χ3v) is 2.63. The molecule has 15 heavy (non-hydrogen) atoms. The topological polar surface area (TPSA) is 50.4 Å². The first-order valence-corrected chi connectivity index (χ1v) is 5.42. The molecule has 4 heteroatoms. The normalized spacial score (nSPS) is 17.1. The molecule has 1 aromatic carbocycles. The maximum Gasteiger partial charge on any atom is 0.114 e. The number of rotatable bonds is 3. The van der Waals surface area contributed by atoms with E-state index in [1.165, 1.54) is 0 Å². The Balaban J connectivity index is 2.02. The first-order valence-electron chi connectivity index (χ1n) is 5.04. The molecule has 0 spiro atoms. The molecule has 1 aliphatic rings. The molecule has 80 valence electrons. The van der Waals surface area contributed by atoms with Crippen LogP contribution in [0.2, 0.25) is 5.02 Å². The summed E-state index contributed by atoms with van der Waals surface area (Å²) in [6, 6.07) is 7.72. The Hall–Kier alpha value is -1.06. The van der Waals surface area contributed by atoms with Crippen LogP contribution in [0.25, 0.3) is 0 Å². The van der Waals surface area contributed by atoms with E-state index in [9.17, 15) is 0 Å². The number of hydrogen-bond donors (Lipinski definition) is 2. The third-order valence-electron chi connectivity index (χ3n) is 2.40. The van der Waals surface area contributed by atoms with Crippen molar-refractivity contribution in [3.63, 3.8) is 0 Å². The Labute approximate surface area is 94.3 Å². The fourth-order valence-electron chi connectivity index (χ4n) is 1.68. The average molecular weight is 224 g/mol. The highest BCUT2D eigenvalue weighted by atomic mass is 35.5. The van der Waals surface area contributed by atoms with Gasteiger partial charge in [-0.1, -0.05) is 23.7 Å². The summed E-state index contributed by atoms with van der Waals surface area (Å²) in [5.74, 6) is 0.912. The van der Waals surface area contributed by atoms with Crippen LogP contribution in [-0.2, 0) is 6.42 Å². The van der Waals surface area contributed by atoms with Crippen molar-refractivity contribution in [3.8, 4) is 0 Å². The SMILES string of the molecule is NC(Cc1cccc(Cl)c1)C1=NCCN1. The van der Waals surface area contributed by atoms with Crippen molar-refractivity contribution >= 4 is 17.4 Å². The molecule has 2 rings (SSSR count). The monoisotopic (exact) mass is 223 g/mol. The van der Waals surface area contributed by atoms with E-state index >= 15 is 0 Å². The fraction of sp³-hybridized carbons (Fsp3) is 0.364. The summed E-state index contributed by atoms with van der Waals surface area (Å²) in [5, 5.41) is 3.93. The van der Waals surface area contributed by atoms with E-state index in [-0.39, 0.29) is 6.04 Å². The molecule has 3 nitrogen and oxygen atoms in total. The van der Waals surface area contributed by atoms with E-state index in [2.05, 4.69) is 10.3 Å². The van der Waals surface area contributed by atoms with Crippen molar-refractivity contribution in [3.05, 3.63) is 34.9 Å². The number of aliphatic imine (C=N–C) groups is 1. The summed E-state index contributed by atoms with van der Waals surface area (Å²) in [5.41, 5.74) is 7.17. The van der Waals surface area contributed by atoms with Gasteiger partial charge in [0.05, 0.1) is 12.6 Å². The highest BCUT2D eigenvalue weighted by molar-refractivity contribution is 6.30. The highest BCUT2D eigenvalue weighted by Crippen LogP contribution is 2.12. The molecule has 1 unspecified atom stereocenters. The van der Waals surface area contributed by atoms with Gasteiger partial charge in [0, 0.05) is 11.6 Å². The van der Waals surface area contributed by atoms with Gasteiger partial charge in [-0.15, -0.1) is 0 Å². The van der Waals surface area contributed by atoms with Crippen LogP contribution < -0.4 is 11.1 Å². The minimum absolute atomic E-state index is 0.0500. The molecular formula is C11H14ClN3. The van der Waals surface area contributed by atoms with E-state index in [1.807, 2.05) is 24.3 Å². The third kappa shape index (κ3) is 2.70. The van der Waals surface area contributed by atoms with Crippen molar-refractivity contribution in [1.29, 1.82) is 0 Å². The molecule has 0 aromatic heterocycles. The smallest absolute Gasteiger partial charge is 0.114 e. The lowest BCUT2D eigenvalue weighted by atomic mass is 10.1. The lowest BCUT2D eigenvalue weighted by Gasteiger charge is -2.12. The van der Waals surface area contributed by atoms with Gasteiger partial charge >= 0.3 is 0 Å². The van der Waals surface area contributed by atoms with Gasteiger partial charge in [-0.3, -0.25) is 4.99 Å². The Morgan fingerprint density at radius 2 is 2.40 bits per heavy atom. The maximum absolute atomic E-state index is 6.02. The fourth-order valence-corrected chi connectivity index (χ4v) is 1.89. The Morgan fingerprint density at radius 3 is 3.07 bits per heavy atom. The van der Waals surface area contributed by atoms with Crippen molar-refractivity contribution < 1.29 is 0 Å². The van der Waals surface area contributed by atoms with Gasteiger partial charge in [0.1, 0.15) is 5.84 Å². The lowest BCUT2D eigenvalue weighted by molar-refractivity contribution is 0.819. The minimum atomic E-state index is -0.0500. The molecule has 0 amide bonds. The van der Waals surface area contributed by atoms with E-state index in [0.717, 1.165) is 35.9 Å². The molecule has 0 fully saturated rings. The van der Waals surface area contributed by atoms with Crippen LogP contribution >= 0.6 is 11.6 Å². The standard InChI is InChI=1S/C11H14ClN3/c12-9-3-1-2-8(6-9)7-10(13)11-14-4-5-15-11/h1-3,6,10H,4-5,7,13H2,(H,14,15). The number of halogens is 1. The summed E-state index contributed by atoms with van der Waals surface area (Å²) in [4.78, 5) is 4.30. The predicted molar refractivity (Wildman–Crippen MR) is 63.4 cm³/mol. The molecule has 1 aliphatic heterocycles. The summed E-state index contributed by atoms with van der Waals surface area (Å²) in [7, 11) is 0. The summed E-state index contributed by atoms with van der Waals surface area (Å²) in [6.45, 7) is 1.73. The molecular weight excluding hydrogens is 210 g/mol.